The van der Waals surface area contributed by atoms with Gasteiger partial charge in [-0.15, -0.1) is 0 Å². The zero-order valence-electron chi connectivity index (χ0n) is 43.1. The molecule has 3 saturated heterocycles. The molecule has 19 heteroatoms. The fourth-order valence-electron chi connectivity index (χ4n) is 9.10. The molecule has 0 saturated carbocycles. The van der Waals surface area contributed by atoms with Crippen molar-refractivity contribution in [2.45, 2.75) is 266 Å². The molecule has 1 amide bonds. The van der Waals surface area contributed by atoms with Gasteiger partial charge in [0.05, 0.1) is 38.6 Å². The van der Waals surface area contributed by atoms with Crippen molar-refractivity contribution in [3.05, 3.63) is 36.5 Å². The van der Waals surface area contributed by atoms with Crippen LogP contribution < -0.4 is 5.32 Å². The Kier molecular flexibility index (Phi) is 33.7. The summed E-state index contributed by atoms with van der Waals surface area (Å²) in [7, 11) is 0. The first-order valence-corrected chi connectivity index (χ1v) is 27.2. The van der Waals surface area contributed by atoms with E-state index < -0.39 is 124 Å². The third-order valence-electron chi connectivity index (χ3n) is 13.7. The fourth-order valence-corrected chi connectivity index (χ4v) is 9.10. The van der Waals surface area contributed by atoms with Crippen LogP contribution in [0.1, 0.15) is 162 Å². The predicted octanol–water partition coefficient (Wildman–Crippen LogP) is 2.98. The van der Waals surface area contributed by atoms with Crippen LogP contribution in [0.2, 0.25) is 0 Å². The van der Waals surface area contributed by atoms with Crippen LogP contribution in [-0.2, 0) is 33.2 Å². The third-order valence-corrected chi connectivity index (χ3v) is 13.7. The predicted molar refractivity (Wildman–Crippen MR) is 268 cm³/mol. The van der Waals surface area contributed by atoms with E-state index in [1.54, 1.807) is 6.08 Å². The van der Waals surface area contributed by atoms with Crippen LogP contribution in [0.4, 0.5) is 0 Å². The Morgan fingerprint density at radius 1 is 0.486 bits per heavy atom. The minimum absolute atomic E-state index is 0.233. The standard InChI is InChI=1S/C53H95NO18/c1-3-5-7-9-11-13-14-15-16-17-18-19-20-21-23-24-26-28-30-37(58)36(54-41(59)31-29-27-25-22-12-10-8-6-4-2)35-67-51-47(65)44(62)49(39(33-56)69-51)72-53-48(66)45(63)50(40(34-57)70-53)71-52-46(64)43(61)42(60)38(32-55)68-52/h17-18,21,23,28,30,36-40,42-53,55-58,60-66H,3-16,19-20,22,24-27,29,31-35H2,1-2H3,(H,54,59)/b18-17+,23-21+,30-28+. The zero-order valence-corrected chi connectivity index (χ0v) is 43.1. The lowest BCUT2D eigenvalue weighted by Gasteiger charge is -2.48. The summed E-state index contributed by atoms with van der Waals surface area (Å²) in [4.78, 5) is 13.2. The highest BCUT2D eigenvalue weighted by Crippen LogP contribution is 2.33. The molecule has 3 aliphatic rings. The lowest BCUT2D eigenvalue weighted by molar-refractivity contribution is -0.379. The minimum Gasteiger partial charge on any atom is -0.394 e. The molecule has 0 spiro atoms. The van der Waals surface area contributed by atoms with Crippen molar-refractivity contribution >= 4 is 5.91 Å². The summed E-state index contributed by atoms with van der Waals surface area (Å²) >= 11 is 0. The Morgan fingerprint density at radius 2 is 0.889 bits per heavy atom. The van der Waals surface area contributed by atoms with Crippen molar-refractivity contribution in [2.75, 3.05) is 26.4 Å². The van der Waals surface area contributed by atoms with Crippen molar-refractivity contribution < 1.29 is 89.4 Å². The molecular formula is C53H95NO18. The first-order chi connectivity index (χ1) is 34.8. The molecule has 12 N–H and O–H groups in total. The van der Waals surface area contributed by atoms with Gasteiger partial charge in [-0.2, -0.15) is 0 Å². The lowest BCUT2D eigenvalue weighted by atomic mass is 9.96. The van der Waals surface area contributed by atoms with Gasteiger partial charge in [-0.25, -0.2) is 0 Å². The van der Waals surface area contributed by atoms with E-state index in [0.29, 0.717) is 12.8 Å². The largest absolute Gasteiger partial charge is 0.394 e. The van der Waals surface area contributed by atoms with Gasteiger partial charge in [-0.1, -0.05) is 147 Å². The van der Waals surface area contributed by atoms with Crippen molar-refractivity contribution in [1.82, 2.24) is 5.32 Å². The molecule has 3 rings (SSSR count). The Bertz CT molecular complexity index is 1470. The minimum atomic E-state index is -1.98. The topological polar surface area (TPSA) is 307 Å². The maximum atomic E-state index is 13.2. The number of hydrogen-bond acceptors (Lipinski definition) is 18. The van der Waals surface area contributed by atoms with Crippen LogP contribution in [0.15, 0.2) is 36.5 Å². The Morgan fingerprint density at radius 3 is 1.39 bits per heavy atom. The molecule has 0 aromatic rings. The molecule has 0 radical (unpaired) electrons. The quantitative estimate of drug-likeness (QED) is 0.0313. The Hall–Kier alpha value is -1.99. The Labute approximate surface area is 428 Å². The number of unbranched alkanes of at least 4 members (excludes halogenated alkanes) is 18. The van der Waals surface area contributed by atoms with E-state index in [2.05, 4.69) is 43.5 Å². The first-order valence-electron chi connectivity index (χ1n) is 27.2. The lowest BCUT2D eigenvalue weighted by Crippen LogP contribution is -2.66. The van der Waals surface area contributed by atoms with Gasteiger partial charge in [0.25, 0.3) is 0 Å². The molecule has 0 aromatic heterocycles. The number of ether oxygens (including phenoxy) is 6. The van der Waals surface area contributed by atoms with Gasteiger partial charge in [0.15, 0.2) is 18.9 Å². The normalized spacial score (nSPS) is 32.3. The molecule has 19 nitrogen and oxygen atoms in total. The number of allylic oxidation sites excluding steroid dienone is 5. The third kappa shape index (κ3) is 22.7. The van der Waals surface area contributed by atoms with E-state index in [0.717, 1.165) is 44.9 Å². The van der Waals surface area contributed by atoms with E-state index in [-0.39, 0.29) is 18.9 Å². The first kappa shape index (κ1) is 64.3. The van der Waals surface area contributed by atoms with E-state index >= 15 is 0 Å². The molecule has 3 fully saturated rings. The second-order valence-corrected chi connectivity index (χ2v) is 19.7. The Balaban J connectivity index is 1.55. The summed E-state index contributed by atoms with van der Waals surface area (Å²) in [6, 6.07) is -0.990. The van der Waals surface area contributed by atoms with Crippen LogP contribution in [0.3, 0.4) is 0 Å². The fraction of sp³-hybridized carbons (Fsp3) is 0.868. The van der Waals surface area contributed by atoms with E-state index in [1.807, 2.05) is 6.08 Å². The summed E-state index contributed by atoms with van der Waals surface area (Å²) in [6.07, 6.45) is 10.2. The average Bonchev–Trinajstić information content (AvgIpc) is 3.37. The molecule has 420 valence electrons. The monoisotopic (exact) mass is 1030 g/mol. The molecule has 17 unspecified atom stereocenters. The highest BCUT2D eigenvalue weighted by Gasteiger charge is 2.53. The highest BCUT2D eigenvalue weighted by molar-refractivity contribution is 5.76. The number of carbonyl (C=O) groups is 1. The van der Waals surface area contributed by atoms with Gasteiger partial charge >= 0.3 is 0 Å². The van der Waals surface area contributed by atoms with E-state index in [1.165, 1.54) is 83.5 Å². The second-order valence-electron chi connectivity index (χ2n) is 19.7. The zero-order chi connectivity index (χ0) is 52.7. The van der Waals surface area contributed by atoms with Crippen LogP contribution in [0, 0.1) is 0 Å². The number of rotatable bonds is 38. The van der Waals surface area contributed by atoms with Crippen LogP contribution >= 0.6 is 0 Å². The number of amides is 1. The number of carbonyl (C=O) groups excluding carboxylic acids is 1. The van der Waals surface area contributed by atoms with Crippen molar-refractivity contribution in [1.29, 1.82) is 0 Å². The van der Waals surface area contributed by atoms with E-state index in [4.69, 9.17) is 28.4 Å². The summed E-state index contributed by atoms with van der Waals surface area (Å²) in [5.74, 6) is -0.295. The second kappa shape index (κ2) is 37.7. The maximum absolute atomic E-state index is 13.2. The van der Waals surface area contributed by atoms with Gasteiger partial charge in [0.2, 0.25) is 5.91 Å². The molecule has 72 heavy (non-hydrogen) atoms. The SMILES string of the molecule is CCCCCCCCCC/C=C/CC/C=C/CC/C=C/C(O)C(COC1OC(CO)C(OC2OC(CO)C(OC3OC(CO)C(O)C(O)C3O)C(O)C2O)C(O)C1O)NC(=O)CCCCCCCCCCC. The van der Waals surface area contributed by atoms with Gasteiger partial charge in [-0.05, 0) is 44.9 Å². The molecular weight excluding hydrogens is 939 g/mol. The molecule has 3 heterocycles. The van der Waals surface area contributed by atoms with Gasteiger partial charge in [-0.3, -0.25) is 4.79 Å². The molecule has 3 aliphatic heterocycles. The van der Waals surface area contributed by atoms with Crippen molar-refractivity contribution in [2.24, 2.45) is 0 Å². The van der Waals surface area contributed by atoms with E-state index in [9.17, 15) is 61.0 Å². The maximum Gasteiger partial charge on any atom is 0.220 e. The highest BCUT2D eigenvalue weighted by atomic mass is 16.8. The summed E-state index contributed by atoms with van der Waals surface area (Å²) in [5, 5.41) is 120. The van der Waals surface area contributed by atoms with Gasteiger partial charge in [0, 0.05) is 6.42 Å². The molecule has 0 bridgehead atoms. The van der Waals surface area contributed by atoms with Crippen LogP contribution in [0.5, 0.6) is 0 Å². The molecule has 17 atom stereocenters. The van der Waals surface area contributed by atoms with Crippen molar-refractivity contribution in [3.63, 3.8) is 0 Å². The number of aliphatic hydroxyl groups excluding tert-OH is 11. The number of aliphatic hydroxyl groups is 11. The molecule has 0 aromatic carbocycles. The van der Waals surface area contributed by atoms with Gasteiger partial charge < -0.3 is 89.9 Å². The number of hydrogen-bond donors (Lipinski definition) is 12. The molecule has 0 aliphatic carbocycles. The summed E-state index contributed by atoms with van der Waals surface area (Å²) in [6.45, 7) is 1.63. The average molecular weight is 1030 g/mol. The van der Waals surface area contributed by atoms with Crippen LogP contribution in [-0.4, -0.2) is 193 Å². The van der Waals surface area contributed by atoms with Crippen LogP contribution in [0.25, 0.3) is 0 Å². The van der Waals surface area contributed by atoms with Crippen molar-refractivity contribution in [3.8, 4) is 0 Å². The number of nitrogens with one attached hydrogen (secondary N) is 1. The summed E-state index contributed by atoms with van der Waals surface area (Å²) < 4.78 is 34.1. The summed E-state index contributed by atoms with van der Waals surface area (Å²) in [5.41, 5.74) is 0. The smallest absolute Gasteiger partial charge is 0.220 e. The van der Waals surface area contributed by atoms with Gasteiger partial charge in [0.1, 0.15) is 73.2 Å².